The average molecular weight is 237 g/mol. The average Bonchev–Trinajstić information content (AvgIpc) is 2.36. The Balaban J connectivity index is 2.32. The monoisotopic (exact) mass is 237 g/mol. The fraction of sp³-hybridized carbons (Fsp3) is 0. The van der Waals surface area contributed by atoms with Crippen molar-refractivity contribution < 1.29 is 9.84 Å². The van der Waals surface area contributed by atoms with Crippen molar-refractivity contribution in [3.8, 4) is 5.75 Å². The van der Waals surface area contributed by atoms with Gasteiger partial charge in [0.25, 0.3) is 5.95 Å². The van der Waals surface area contributed by atoms with Gasteiger partial charge < -0.3 is 9.84 Å². The number of fused-ring (bicyclic) bond motifs is 2. The maximum Gasteiger partial charge on any atom is 0.274 e. The molecule has 3 heteroatoms. The van der Waals surface area contributed by atoms with Crippen LogP contribution in [0.2, 0.25) is 0 Å². The van der Waals surface area contributed by atoms with Crippen LogP contribution in [0, 0.1) is 0 Å². The quantitative estimate of drug-likeness (QED) is 0.544. The molecule has 0 unspecified atom stereocenters. The molecule has 0 saturated carbocycles. The van der Waals surface area contributed by atoms with Crippen LogP contribution in [-0.2, 0) is 0 Å². The molecule has 1 N–H and O–H groups in total. The summed E-state index contributed by atoms with van der Waals surface area (Å²) in [6.07, 6.45) is 0. The Hall–Kier alpha value is -2.55. The number of nitrogens with zero attached hydrogens (tertiary/aromatic N) is 1. The lowest BCUT2D eigenvalue weighted by molar-refractivity contribution is 0.213. The zero-order valence-corrected chi connectivity index (χ0v) is 9.63. The minimum Gasteiger partial charge on any atom is -0.481 e. The molecule has 0 spiro atoms. The highest BCUT2D eigenvalue weighted by atomic mass is 16.6. The van der Waals surface area contributed by atoms with Crippen LogP contribution in [0.5, 0.6) is 5.75 Å². The van der Waals surface area contributed by atoms with Crippen LogP contribution in [0.15, 0.2) is 61.1 Å². The number of hydrogen-bond acceptors (Lipinski definition) is 3. The van der Waals surface area contributed by atoms with Gasteiger partial charge in [0.1, 0.15) is 5.75 Å². The molecule has 0 atom stereocenters. The molecule has 3 nitrogen and oxygen atoms in total. The number of aliphatic hydroxyl groups excluding tert-OH is 1. The molecule has 2 aromatic carbocycles. The van der Waals surface area contributed by atoms with E-state index < -0.39 is 0 Å². The first-order valence-corrected chi connectivity index (χ1v) is 5.58. The van der Waals surface area contributed by atoms with Crippen molar-refractivity contribution >= 4 is 21.8 Å². The van der Waals surface area contributed by atoms with Crippen LogP contribution in [0.1, 0.15) is 0 Å². The van der Waals surface area contributed by atoms with Gasteiger partial charge in [0.05, 0.1) is 11.0 Å². The van der Waals surface area contributed by atoms with Crippen LogP contribution < -0.4 is 4.74 Å². The molecule has 88 valence electrons. The Kier molecular flexibility index (Phi) is 2.38. The molecule has 0 amide bonds. The van der Waals surface area contributed by atoms with Crippen LogP contribution in [0.25, 0.3) is 21.8 Å². The van der Waals surface area contributed by atoms with Crippen molar-refractivity contribution in [1.82, 2.24) is 4.98 Å². The summed E-state index contributed by atoms with van der Waals surface area (Å²) in [4.78, 5) is 4.55. The van der Waals surface area contributed by atoms with Gasteiger partial charge >= 0.3 is 0 Å². The predicted molar refractivity (Wildman–Crippen MR) is 71.6 cm³/mol. The Morgan fingerprint density at radius 3 is 2.67 bits per heavy atom. The molecule has 3 rings (SSSR count). The number of aliphatic hydroxyl groups is 1. The topological polar surface area (TPSA) is 42.4 Å². The van der Waals surface area contributed by atoms with Gasteiger partial charge in [-0.25, -0.2) is 4.98 Å². The Morgan fingerprint density at radius 1 is 1.06 bits per heavy atom. The molecular weight excluding hydrogens is 226 g/mol. The molecule has 0 aliphatic rings. The molecule has 18 heavy (non-hydrogen) atoms. The fourth-order valence-corrected chi connectivity index (χ4v) is 1.99. The van der Waals surface area contributed by atoms with E-state index in [1.165, 1.54) is 0 Å². The highest BCUT2D eigenvalue weighted by molar-refractivity contribution is 5.95. The SMILES string of the molecule is C=C(O)Oc1cccc2nc3ccccc3cc12. The van der Waals surface area contributed by atoms with E-state index in [9.17, 15) is 0 Å². The van der Waals surface area contributed by atoms with Gasteiger partial charge in [-0.05, 0) is 30.8 Å². The summed E-state index contributed by atoms with van der Waals surface area (Å²) in [6.45, 7) is 3.33. The minimum absolute atomic E-state index is 0.323. The standard InChI is InChI=1S/C15H11NO2/c1-10(17)18-15-8-4-7-14-12(15)9-11-5-2-3-6-13(11)16-14/h2-9,17H,1H2. The lowest BCUT2D eigenvalue weighted by Gasteiger charge is -2.07. The molecule has 3 aromatic rings. The molecular formula is C15H11NO2. The van der Waals surface area contributed by atoms with E-state index in [-0.39, 0.29) is 5.95 Å². The number of hydrogen-bond donors (Lipinski definition) is 1. The van der Waals surface area contributed by atoms with Crippen molar-refractivity contribution in [3.05, 3.63) is 61.1 Å². The van der Waals surface area contributed by atoms with E-state index in [4.69, 9.17) is 9.84 Å². The second-order valence-corrected chi connectivity index (χ2v) is 4.00. The van der Waals surface area contributed by atoms with Gasteiger partial charge in [-0.2, -0.15) is 0 Å². The first-order valence-electron chi connectivity index (χ1n) is 5.58. The van der Waals surface area contributed by atoms with Gasteiger partial charge in [0.15, 0.2) is 0 Å². The normalized spacial score (nSPS) is 10.7. The minimum atomic E-state index is -0.323. The predicted octanol–water partition coefficient (Wildman–Crippen LogP) is 3.80. The number of pyridine rings is 1. The van der Waals surface area contributed by atoms with Crippen LogP contribution in [-0.4, -0.2) is 10.1 Å². The van der Waals surface area contributed by atoms with Gasteiger partial charge in [0, 0.05) is 10.8 Å². The second-order valence-electron chi connectivity index (χ2n) is 4.00. The van der Waals surface area contributed by atoms with E-state index in [1.807, 2.05) is 42.5 Å². The molecule has 0 fully saturated rings. The lowest BCUT2D eigenvalue weighted by atomic mass is 10.1. The number of rotatable bonds is 2. The lowest BCUT2D eigenvalue weighted by Crippen LogP contribution is -1.93. The first kappa shape index (κ1) is 10.6. The second kappa shape index (κ2) is 4.04. The van der Waals surface area contributed by atoms with Crippen LogP contribution in [0.4, 0.5) is 0 Å². The zero-order valence-electron chi connectivity index (χ0n) is 9.63. The van der Waals surface area contributed by atoms with Crippen molar-refractivity contribution in [2.45, 2.75) is 0 Å². The number of aromatic nitrogens is 1. The van der Waals surface area contributed by atoms with Gasteiger partial charge in [-0.1, -0.05) is 24.3 Å². The van der Waals surface area contributed by atoms with E-state index in [0.717, 1.165) is 21.8 Å². The highest BCUT2D eigenvalue weighted by Gasteiger charge is 2.06. The van der Waals surface area contributed by atoms with Crippen molar-refractivity contribution in [3.63, 3.8) is 0 Å². The largest absolute Gasteiger partial charge is 0.481 e. The van der Waals surface area contributed by atoms with E-state index in [0.29, 0.717) is 5.75 Å². The summed E-state index contributed by atoms with van der Waals surface area (Å²) < 4.78 is 5.20. The third-order valence-electron chi connectivity index (χ3n) is 2.75. The molecule has 0 aliphatic heterocycles. The summed E-state index contributed by atoms with van der Waals surface area (Å²) in [5.74, 6) is 0.230. The van der Waals surface area contributed by atoms with E-state index in [1.54, 1.807) is 6.07 Å². The maximum absolute atomic E-state index is 9.14. The Morgan fingerprint density at radius 2 is 1.83 bits per heavy atom. The maximum atomic E-state index is 9.14. The zero-order chi connectivity index (χ0) is 12.5. The van der Waals surface area contributed by atoms with Crippen molar-refractivity contribution in [2.24, 2.45) is 0 Å². The molecule has 0 saturated heterocycles. The third-order valence-corrected chi connectivity index (χ3v) is 2.75. The third kappa shape index (κ3) is 1.76. The molecule has 1 heterocycles. The smallest absolute Gasteiger partial charge is 0.274 e. The molecule has 0 radical (unpaired) electrons. The summed E-state index contributed by atoms with van der Waals surface area (Å²) in [7, 11) is 0. The highest BCUT2D eigenvalue weighted by Crippen LogP contribution is 2.28. The van der Waals surface area contributed by atoms with Crippen LogP contribution >= 0.6 is 0 Å². The van der Waals surface area contributed by atoms with E-state index in [2.05, 4.69) is 11.6 Å². The number of ether oxygens (including phenoxy) is 1. The first-order chi connectivity index (χ1) is 8.74. The van der Waals surface area contributed by atoms with E-state index >= 15 is 0 Å². The number of benzene rings is 2. The van der Waals surface area contributed by atoms with Crippen molar-refractivity contribution in [2.75, 3.05) is 0 Å². The fourth-order valence-electron chi connectivity index (χ4n) is 1.99. The summed E-state index contributed by atoms with van der Waals surface area (Å²) >= 11 is 0. The molecule has 1 aromatic heterocycles. The summed E-state index contributed by atoms with van der Waals surface area (Å²) in [5, 5.41) is 11.0. The van der Waals surface area contributed by atoms with Gasteiger partial charge in [-0.3, -0.25) is 0 Å². The Bertz CT molecular complexity index is 750. The van der Waals surface area contributed by atoms with Gasteiger partial charge in [-0.15, -0.1) is 0 Å². The van der Waals surface area contributed by atoms with Crippen molar-refractivity contribution in [1.29, 1.82) is 0 Å². The number of para-hydroxylation sites is 1. The summed E-state index contributed by atoms with van der Waals surface area (Å²) in [5.41, 5.74) is 1.76. The Labute approximate surface area is 104 Å². The molecule has 0 aliphatic carbocycles. The van der Waals surface area contributed by atoms with Gasteiger partial charge in [0.2, 0.25) is 0 Å². The molecule has 0 bridgehead atoms. The van der Waals surface area contributed by atoms with Crippen LogP contribution in [0.3, 0.4) is 0 Å². The summed E-state index contributed by atoms with van der Waals surface area (Å²) in [6, 6.07) is 15.4.